The van der Waals surface area contributed by atoms with Crippen LogP contribution in [-0.2, 0) is 0 Å². The molecule has 4 rings (SSSR count). The largest absolute Gasteiger partial charge is 0.507 e. The Morgan fingerprint density at radius 1 is 1.00 bits per heavy atom. The zero-order chi connectivity index (χ0) is 17.9. The molecule has 6 nitrogen and oxygen atoms in total. The average molecular weight is 348 g/mol. The smallest absolute Gasteiger partial charge is 0.257 e. The van der Waals surface area contributed by atoms with Gasteiger partial charge in [0.1, 0.15) is 11.4 Å². The third-order valence-electron chi connectivity index (χ3n) is 4.68. The van der Waals surface area contributed by atoms with E-state index in [0.717, 1.165) is 43.6 Å². The minimum atomic E-state index is -0.132. The normalized spacial score (nSPS) is 14.4. The van der Waals surface area contributed by atoms with Crippen LogP contribution in [-0.4, -0.2) is 44.0 Å². The molecule has 6 heteroatoms. The molecule has 0 saturated carbocycles. The molecule has 1 N–H and O–H groups in total. The van der Waals surface area contributed by atoms with Gasteiger partial charge in [0, 0.05) is 18.7 Å². The van der Waals surface area contributed by atoms with Gasteiger partial charge in [-0.2, -0.15) is 0 Å². The molecule has 2 heterocycles. The molecule has 0 bridgehead atoms. The van der Waals surface area contributed by atoms with Crippen LogP contribution in [0, 0.1) is 0 Å². The van der Waals surface area contributed by atoms with Crippen molar-refractivity contribution >= 4 is 5.91 Å². The number of phenols is 1. The Balaban J connectivity index is 1.64. The summed E-state index contributed by atoms with van der Waals surface area (Å²) in [5.41, 5.74) is 2.73. The first kappa shape index (κ1) is 16.3. The maximum Gasteiger partial charge on any atom is 0.257 e. The fourth-order valence-electron chi connectivity index (χ4n) is 3.24. The molecule has 132 valence electrons. The summed E-state index contributed by atoms with van der Waals surface area (Å²) in [6.07, 6.45) is 4.99. The van der Waals surface area contributed by atoms with E-state index in [9.17, 15) is 9.90 Å². The zero-order valence-corrected chi connectivity index (χ0v) is 14.4. The van der Waals surface area contributed by atoms with Crippen molar-refractivity contribution in [1.82, 2.24) is 19.9 Å². The molecule has 0 unspecified atom stereocenters. The molecule has 2 aromatic carbocycles. The number of carbonyl (C=O) groups is 1. The monoisotopic (exact) mass is 348 g/mol. The number of piperidine rings is 1. The Kier molecular flexibility index (Phi) is 4.39. The van der Waals surface area contributed by atoms with Gasteiger partial charge in [-0.05, 0) is 37.5 Å². The Morgan fingerprint density at radius 2 is 1.77 bits per heavy atom. The lowest BCUT2D eigenvalue weighted by atomic mass is 10.1. The molecule has 1 aromatic heterocycles. The predicted molar refractivity (Wildman–Crippen MR) is 98.2 cm³/mol. The molecular formula is C20H20N4O2. The SMILES string of the molecule is O=C(c1cc(-n2cc(-c3ccccc3)nn2)ccc1O)N1CCCCC1. The van der Waals surface area contributed by atoms with Gasteiger partial charge in [0.05, 0.1) is 17.4 Å². The van der Waals surface area contributed by atoms with E-state index in [-0.39, 0.29) is 11.7 Å². The Morgan fingerprint density at radius 3 is 2.54 bits per heavy atom. The van der Waals surface area contributed by atoms with Gasteiger partial charge in [-0.3, -0.25) is 4.79 Å². The molecule has 0 aliphatic carbocycles. The van der Waals surface area contributed by atoms with Crippen molar-refractivity contribution in [2.45, 2.75) is 19.3 Å². The van der Waals surface area contributed by atoms with Crippen LogP contribution in [0.5, 0.6) is 5.75 Å². The fourth-order valence-corrected chi connectivity index (χ4v) is 3.24. The number of phenolic OH excluding ortho intramolecular Hbond substituents is 1. The van der Waals surface area contributed by atoms with E-state index in [1.807, 2.05) is 36.5 Å². The van der Waals surface area contributed by atoms with Gasteiger partial charge >= 0.3 is 0 Å². The summed E-state index contributed by atoms with van der Waals surface area (Å²) in [7, 11) is 0. The van der Waals surface area contributed by atoms with Crippen LogP contribution in [0.25, 0.3) is 16.9 Å². The van der Waals surface area contributed by atoms with Crippen molar-refractivity contribution in [3.05, 3.63) is 60.3 Å². The second-order valence-corrected chi connectivity index (χ2v) is 6.47. The lowest BCUT2D eigenvalue weighted by Gasteiger charge is -2.27. The first-order valence-electron chi connectivity index (χ1n) is 8.83. The Labute approximate surface area is 151 Å². The predicted octanol–water partition coefficient (Wildman–Crippen LogP) is 3.27. The lowest BCUT2D eigenvalue weighted by Crippen LogP contribution is -2.35. The molecule has 1 saturated heterocycles. The van der Waals surface area contributed by atoms with E-state index < -0.39 is 0 Å². The molecule has 1 fully saturated rings. The summed E-state index contributed by atoms with van der Waals surface area (Å²) in [5, 5.41) is 18.5. The Hall–Kier alpha value is -3.15. The number of amides is 1. The molecule has 0 radical (unpaired) electrons. The number of hydrogen-bond acceptors (Lipinski definition) is 4. The van der Waals surface area contributed by atoms with Gasteiger partial charge in [-0.1, -0.05) is 35.5 Å². The van der Waals surface area contributed by atoms with Gasteiger partial charge in [-0.25, -0.2) is 4.68 Å². The number of aromatic hydroxyl groups is 1. The lowest BCUT2D eigenvalue weighted by molar-refractivity contribution is 0.0721. The second-order valence-electron chi connectivity index (χ2n) is 6.47. The molecule has 0 atom stereocenters. The molecule has 3 aromatic rings. The molecule has 0 spiro atoms. The highest BCUT2D eigenvalue weighted by molar-refractivity contribution is 5.97. The highest BCUT2D eigenvalue weighted by Gasteiger charge is 2.21. The van der Waals surface area contributed by atoms with Gasteiger partial charge in [0.25, 0.3) is 5.91 Å². The van der Waals surface area contributed by atoms with Crippen LogP contribution in [0.4, 0.5) is 0 Å². The first-order valence-corrected chi connectivity index (χ1v) is 8.83. The van der Waals surface area contributed by atoms with E-state index in [1.165, 1.54) is 6.07 Å². The van der Waals surface area contributed by atoms with Crippen LogP contribution >= 0.6 is 0 Å². The topological polar surface area (TPSA) is 71.2 Å². The minimum absolute atomic E-state index is 0.00674. The van der Waals surface area contributed by atoms with Crippen molar-refractivity contribution < 1.29 is 9.90 Å². The number of aromatic nitrogens is 3. The number of rotatable bonds is 3. The van der Waals surface area contributed by atoms with Crippen LogP contribution in [0.1, 0.15) is 29.6 Å². The van der Waals surface area contributed by atoms with Crippen LogP contribution in [0.3, 0.4) is 0 Å². The molecule has 1 aliphatic heterocycles. The van der Waals surface area contributed by atoms with E-state index in [1.54, 1.807) is 21.7 Å². The summed E-state index contributed by atoms with van der Waals surface area (Å²) < 4.78 is 1.62. The number of hydrogen-bond donors (Lipinski definition) is 1. The summed E-state index contributed by atoms with van der Waals surface area (Å²) in [4.78, 5) is 14.6. The number of carbonyl (C=O) groups excluding carboxylic acids is 1. The number of nitrogens with zero attached hydrogens (tertiary/aromatic N) is 4. The molecule has 26 heavy (non-hydrogen) atoms. The van der Waals surface area contributed by atoms with Crippen molar-refractivity contribution in [1.29, 1.82) is 0 Å². The molecule has 1 aliphatic rings. The average Bonchev–Trinajstić information content (AvgIpc) is 3.19. The van der Waals surface area contributed by atoms with Crippen LogP contribution in [0.15, 0.2) is 54.7 Å². The van der Waals surface area contributed by atoms with Crippen molar-refractivity contribution in [2.75, 3.05) is 13.1 Å². The van der Waals surface area contributed by atoms with E-state index in [2.05, 4.69) is 10.3 Å². The summed E-state index contributed by atoms with van der Waals surface area (Å²) in [6, 6.07) is 14.7. The summed E-state index contributed by atoms with van der Waals surface area (Å²) in [6.45, 7) is 1.48. The molecule has 1 amide bonds. The Bertz CT molecular complexity index is 915. The first-order chi connectivity index (χ1) is 12.7. The van der Waals surface area contributed by atoms with Crippen molar-refractivity contribution in [3.8, 4) is 22.7 Å². The maximum absolute atomic E-state index is 12.8. The molecular weight excluding hydrogens is 328 g/mol. The third-order valence-corrected chi connectivity index (χ3v) is 4.68. The van der Waals surface area contributed by atoms with Gasteiger partial charge < -0.3 is 10.0 Å². The number of benzene rings is 2. The van der Waals surface area contributed by atoms with E-state index in [0.29, 0.717) is 11.3 Å². The maximum atomic E-state index is 12.8. The van der Waals surface area contributed by atoms with Gasteiger partial charge in [0.15, 0.2) is 0 Å². The van der Waals surface area contributed by atoms with Crippen molar-refractivity contribution in [2.24, 2.45) is 0 Å². The van der Waals surface area contributed by atoms with E-state index >= 15 is 0 Å². The van der Waals surface area contributed by atoms with E-state index in [4.69, 9.17) is 0 Å². The minimum Gasteiger partial charge on any atom is -0.507 e. The van der Waals surface area contributed by atoms with Gasteiger partial charge in [0.2, 0.25) is 0 Å². The third kappa shape index (κ3) is 3.18. The highest BCUT2D eigenvalue weighted by Crippen LogP contribution is 2.25. The summed E-state index contributed by atoms with van der Waals surface area (Å²) >= 11 is 0. The van der Waals surface area contributed by atoms with Crippen LogP contribution in [0.2, 0.25) is 0 Å². The zero-order valence-electron chi connectivity index (χ0n) is 14.4. The van der Waals surface area contributed by atoms with Crippen molar-refractivity contribution in [3.63, 3.8) is 0 Å². The number of likely N-dealkylation sites (tertiary alicyclic amines) is 1. The summed E-state index contributed by atoms with van der Waals surface area (Å²) in [5.74, 6) is -0.139. The van der Waals surface area contributed by atoms with Crippen LogP contribution < -0.4 is 0 Å². The second kappa shape index (κ2) is 7.00. The highest BCUT2D eigenvalue weighted by atomic mass is 16.3. The van der Waals surface area contributed by atoms with Gasteiger partial charge in [-0.15, -0.1) is 5.10 Å². The quantitative estimate of drug-likeness (QED) is 0.788. The fraction of sp³-hybridized carbons (Fsp3) is 0.250. The standard InChI is InChI=1S/C20H20N4O2/c25-19-10-9-16(13-17(19)20(26)23-11-5-2-6-12-23)24-14-18(21-22-24)15-7-3-1-4-8-15/h1,3-4,7-10,13-14,25H,2,5-6,11-12H2.